The Labute approximate surface area is 173 Å². The van der Waals surface area contributed by atoms with Crippen LogP contribution in [0.15, 0.2) is 36.7 Å². The average Bonchev–Trinajstić information content (AvgIpc) is 2.76. The molecule has 2 aliphatic rings. The number of carbonyl (C=O) groups is 1. The summed E-state index contributed by atoms with van der Waals surface area (Å²) in [6.45, 7) is 1.57. The van der Waals surface area contributed by atoms with Crippen LogP contribution in [0.1, 0.15) is 27.0 Å². The molecule has 0 aliphatic carbocycles. The van der Waals surface area contributed by atoms with Crippen LogP contribution < -0.4 is 9.47 Å². The smallest absolute Gasteiger partial charge is 0.337 e. The number of ether oxygens (including phenoxy) is 3. The van der Waals surface area contributed by atoms with Gasteiger partial charge in [0.1, 0.15) is 27.1 Å². The molecule has 0 atom stereocenters. The molecule has 2 heterocycles. The molecule has 7 nitrogen and oxygen atoms in total. The van der Waals surface area contributed by atoms with Gasteiger partial charge in [0.15, 0.2) is 11.5 Å². The first-order chi connectivity index (χ1) is 13.6. The minimum atomic E-state index is -0.645. The molecule has 146 valence electrons. The minimum Gasteiger partial charge on any atom is -0.493 e. The van der Waals surface area contributed by atoms with E-state index in [4.69, 9.17) is 17.4 Å². The van der Waals surface area contributed by atoms with Gasteiger partial charge >= 0.3 is 5.97 Å². The number of hydrogen-bond acceptors (Lipinski definition) is 7. The van der Waals surface area contributed by atoms with E-state index in [1.807, 2.05) is 30.3 Å². The van der Waals surface area contributed by atoms with E-state index >= 15 is 0 Å². The summed E-state index contributed by atoms with van der Waals surface area (Å²) < 4.78 is 25.1. The van der Waals surface area contributed by atoms with E-state index in [0.29, 0.717) is 17.1 Å². The number of benzene rings is 2. The van der Waals surface area contributed by atoms with Crippen molar-refractivity contribution in [3.05, 3.63) is 52.6 Å². The fourth-order valence-electron chi connectivity index (χ4n) is 3.46. The van der Waals surface area contributed by atoms with Crippen LogP contribution in [0.3, 0.4) is 0 Å². The Balaban J connectivity index is 1.65. The van der Waals surface area contributed by atoms with Crippen molar-refractivity contribution in [2.24, 2.45) is 6.35 Å². The standard InChI is InChI=1S/C20H20IN3O4/c1-26-17-9-15-16(10-18(17)27-2)22-21-23-19(15)24-7-6-12-8-13(20(25)28-3)4-5-14(12)11-24/h4-5,8-10H,6-7,11H2,1-3H3. The highest BCUT2D eigenvalue weighted by Crippen LogP contribution is 2.40. The van der Waals surface area contributed by atoms with Crippen LogP contribution in [-0.4, -0.2) is 44.6 Å². The number of methoxy groups -OCH3 is 3. The van der Waals surface area contributed by atoms with Gasteiger partial charge in [-0.05, 0) is 35.7 Å². The molecule has 0 saturated heterocycles. The second-order valence-electron chi connectivity index (χ2n) is 6.44. The molecule has 0 fully saturated rings. The van der Waals surface area contributed by atoms with Gasteiger partial charge in [-0.15, -0.1) is 0 Å². The fraction of sp³-hybridized carbons (Fsp3) is 0.300. The third-order valence-electron chi connectivity index (χ3n) is 4.93. The topological polar surface area (TPSA) is 72.7 Å². The van der Waals surface area contributed by atoms with Gasteiger partial charge in [-0.3, -0.25) is 0 Å². The summed E-state index contributed by atoms with van der Waals surface area (Å²) in [7, 11) is 4.66. The normalized spacial score (nSPS) is 15.0. The fourth-order valence-corrected chi connectivity index (χ4v) is 4.97. The predicted octanol–water partition coefficient (Wildman–Crippen LogP) is 4.01. The van der Waals surface area contributed by atoms with Crippen molar-refractivity contribution in [2.45, 2.75) is 13.0 Å². The second kappa shape index (κ2) is 7.86. The van der Waals surface area contributed by atoms with Crippen LogP contribution >= 0.6 is 21.3 Å². The van der Waals surface area contributed by atoms with Crippen molar-refractivity contribution in [1.82, 2.24) is 4.90 Å². The van der Waals surface area contributed by atoms with Crippen LogP contribution in [0, 0.1) is 0 Å². The Morgan fingerprint density at radius 2 is 1.86 bits per heavy atom. The molecule has 0 saturated carbocycles. The third kappa shape index (κ3) is 3.36. The Morgan fingerprint density at radius 1 is 1.07 bits per heavy atom. The summed E-state index contributed by atoms with van der Waals surface area (Å²) in [4.78, 5) is 14.1. The number of fused-ring (bicyclic) bond motifs is 2. The second-order valence-corrected chi connectivity index (χ2v) is 7.84. The number of amidine groups is 1. The van der Waals surface area contributed by atoms with E-state index in [2.05, 4.69) is 8.05 Å². The van der Waals surface area contributed by atoms with Gasteiger partial charge in [-0.1, -0.05) is 6.07 Å². The van der Waals surface area contributed by atoms with Gasteiger partial charge < -0.3 is 19.1 Å². The highest BCUT2D eigenvalue weighted by molar-refractivity contribution is 14.1. The van der Waals surface area contributed by atoms with Gasteiger partial charge in [0.25, 0.3) is 0 Å². The zero-order valence-electron chi connectivity index (χ0n) is 15.9. The van der Waals surface area contributed by atoms with Crippen LogP contribution in [0.25, 0.3) is 0 Å². The van der Waals surface area contributed by atoms with E-state index in [1.54, 1.807) is 14.2 Å². The number of rotatable bonds is 3. The maximum atomic E-state index is 11.8. The van der Waals surface area contributed by atoms with Gasteiger partial charge in [-0.2, -0.15) is 3.21 Å². The highest BCUT2D eigenvalue weighted by Gasteiger charge is 2.26. The first-order valence-corrected chi connectivity index (χ1v) is 10.7. The van der Waals surface area contributed by atoms with Crippen molar-refractivity contribution in [1.29, 1.82) is 0 Å². The van der Waals surface area contributed by atoms with Crippen LogP contribution in [0.5, 0.6) is 11.5 Å². The lowest BCUT2D eigenvalue weighted by atomic mass is 9.96. The number of carbonyl (C=O) groups excluding carboxylic acids is 1. The molecule has 4 rings (SSSR count). The molecule has 2 aliphatic heterocycles. The van der Waals surface area contributed by atoms with Gasteiger partial charge in [-0.25, -0.2) is 7.94 Å². The Bertz CT molecular complexity index is 1000. The molecule has 2 aromatic carbocycles. The van der Waals surface area contributed by atoms with Crippen molar-refractivity contribution in [3.63, 3.8) is 0 Å². The van der Waals surface area contributed by atoms with Gasteiger partial charge in [0, 0.05) is 24.7 Å². The SMILES string of the molecule is COC(=O)c1ccc2c(c1)CCN(C1=NI=Nc3cc(OC)c(OC)cc31)C2. The van der Waals surface area contributed by atoms with E-state index in [9.17, 15) is 4.79 Å². The van der Waals surface area contributed by atoms with Gasteiger partial charge in [0.2, 0.25) is 0 Å². The molecule has 0 bridgehead atoms. The van der Waals surface area contributed by atoms with Crippen LogP contribution in [0.4, 0.5) is 5.69 Å². The van der Waals surface area contributed by atoms with Crippen LogP contribution in [0.2, 0.25) is 0 Å². The molecule has 0 amide bonds. The quantitative estimate of drug-likeness (QED) is 0.478. The Morgan fingerprint density at radius 3 is 2.61 bits per heavy atom. The van der Waals surface area contributed by atoms with E-state index < -0.39 is 21.3 Å². The van der Waals surface area contributed by atoms with Crippen molar-refractivity contribution in [2.75, 3.05) is 27.9 Å². The number of esters is 1. The molecule has 0 N–H and O–H groups in total. The largest absolute Gasteiger partial charge is 0.493 e. The lowest BCUT2D eigenvalue weighted by molar-refractivity contribution is 0.0600. The average molecular weight is 493 g/mol. The lowest BCUT2D eigenvalue weighted by Gasteiger charge is -2.32. The molecule has 0 spiro atoms. The molecule has 0 unspecified atom stereocenters. The molecular weight excluding hydrogens is 473 g/mol. The molecule has 28 heavy (non-hydrogen) atoms. The first-order valence-electron chi connectivity index (χ1n) is 8.78. The number of hydrogen-bond donors (Lipinski definition) is 0. The molecule has 2 aromatic rings. The summed E-state index contributed by atoms with van der Waals surface area (Å²) in [6, 6.07) is 9.64. The predicted molar refractivity (Wildman–Crippen MR) is 114 cm³/mol. The molecule has 0 aromatic heterocycles. The van der Waals surface area contributed by atoms with Gasteiger partial charge in [0.05, 0.1) is 32.6 Å². The number of nitrogens with zero attached hydrogens (tertiary/aromatic N) is 3. The summed E-state index contributed by atoms with van der Waals surface area (Å²) in [5.74, 6) is 2.00. The maximum absolute atomic E-state index is 11.8. The highest BCUT2D eigenvalue weighted by atomic mass is 127. The minimum absolute atomic E-state index is 0.303. The van der Waals surface area contributed by atoms with E-state index in [0.717, 1.165) is 36.6 Å². The summed E-state index contributed by atoms with van der Waals surface area (Å²) in [5.41, 5.74) is 4.85. The van der Waals surface area contributed by atoms with E-state index in [1.165, 1.54) is 18.2 Å². The third-order valence-corrected chi connectivity index (χ3v) is 6.34. The summed E-state index contributed by atoms with van der Waals surface area (Å²) >= 11 is -0.645. The molecule has 8 heteroatoms. The maximum Gasteiger partial charge on any atom is 0.337 e. The summed E-state index contributed by atoms with van der Waals surface area (Å²) in [5, 5.41) is 0. The van der Waals surface area contributed by atoms with Crippen LogP contribution in [-0.2, 0) is 17.7 Å². The zero-order valence-corrected chi connectivity index (χ0v) is 18.0. The Hall–Kier alpha value is -2.49. The van der Waals surface area contributed by atoms with Crippen molar-refractivity contribution in [3.8, 4) is 11.5 Å². The van der Waals surface area contributed by atoms with Crippen molar-refractivity contribution >= 4 is 38.8 Å². The Kier molecular flexibility index (Phi) is 5.29. The monoisotopic (exact) mass is 493 g/mol. The first kappa shape index (κ1) is 18.9. The number of halogens is 1. The zero-order chi connectivity index (χ0) is 19.7. The summed E-state index contributed by atoms with van der Waals surface area (Å²) in [6.07, 6.45) is 0.845. The van der Waals surface area contributed by atoms with E-state index in [-0.39, 0.29) is 5.97 Å². The molecular formula is C20H20IN3O4. The molecule has 0 radical (unpaired) electrons. The lowest BCUT2D eigenvalue weighted by Crippen LogP contribution is -2.36. The van der Waals surface area contributed by atoms with Crippen molar-refractivity contribution < 1.29 is 19.0 Å².